The molecule has 9 heteroatoms. The van der Waals surface area contributed by atoms with Gasteiger partial charge in [0.15, 0.2) is 11.9 Å². The van der Waals surface area contributed by atoms with Gasteiger partial charge in [-0.3, -0.25) is 9.59 Å². The van der Waals surface area contributed by atoms with E-state index >= 15 is 0 Å². The number of thiophene rings is 1. The van der Waals surface area contributed by atoms with Gasteiger partial charge in [0.05, 0.1) is 6.04 Å². The summed E-state index contributed by atoms with van der Waals surface area (Å²) in [6.45, 7) is 0.477. The lowest BCUT2D eigenvalue weighted by Gasteiger charge is -2.27. The number of carbonyl (C=O) groups is 2. The number of hydrogen-bond donors (Lipinski definition) is 2. The number of ketones is 1. The number of hydrogen-bond acceptors (Lipinski definition) is 7. The van der Waals surface area contributed by atoms with E-state index in [1.165, 1.54) is 16.2 Å². The van der Waals surface area contributed by atoms with Crippen LogP contribution in [0.2, 0.25) is 5.02 Å². The third-order valence-electron chi connectivity index (χ3n) is 5.83. The van der Waals surface area contributed by atoms with E-state index in [-0.39, 0.29) is 12.5 Å². The van der Waals surface area contributed by atoms with Crippen LogP contribution in [0.4, 0.5) is 0 Å². The summed E-state index contributed by atoms with van der Waals surface area (Å²) in [5, 5.41) is 26.2. The van der Waals surface area contributed by atoms with E-state index in [0.717, 1.165) is 38.9 Å². The number of aromatic nitrogens is 1. The van der Waals surface area contributed by atoms with Gasteiger partial charge in [0.25, 0.3) is 5.91 Å². The molecule has 1 amide bonds. The summed E-state index contributed by atoms with van der Waals surface area (Å²) in [6, 6.07) is 9.50. The summed E-state index contributed by atoms with van der Waals surface area (Å²) in [5.74, 6) is -1.16. The maximum absolute atomic E-state index is 12.8. The molecular weight excluding hydrogens is 480 g/mol. The molecule has 2 aromatic heterocycles. The highest BCUT2D eigenvalue weighted by Gasteiger charge is 2.39. The fourth-order valence-electron chi connectivity index (χ4n) is 4.07. The second-order valence-electron chi connectivity index (χ2n) is 8.11. The highest BCUT2D eigenvalue weighted by atomic mass is 35.5. The first-order valence-corrected chi connectivity index (χ1v) is 13.0. The molecule has 1 aliphatic heterocycles. The van der Waals surface area contributed by atoms with Crippen molar-refractivity contribution in [1.29, 1.82) is 0 Å². The largest absolute Gasteiger partial charge is 0.382 e. The minimum Gasteiger partial charge on any atom is -0.382 e. The fraction of sp³-hybridized carbons (Fsp3) is 0.375. The summed E-state index contributed by atoms with van der Waals surface area (Å²) in [7, 11) is 0. The number of aliphatic hydroxyl groups is 2. The first-order chi connectivity index (χ1) is 15.9. The maximum Gasteiger partial charge on any atom is 0.255 e. The van der Waals surface area contributed by atoms with Crippen LogP contribution >= 0.6 is 34.3 Å². The number of thiazole rings is 1. The van der Waals surface area contributed by atoms with E-state index in [1.807, 2.05) is 41.1 Å². The smallest absolute Gasteiger partial charge is 0.255 e. The third kappa shape index (κ3) is 5.70. The van der Waals surface area contributed by atoms with E-state index in [9.17, 15) is 19.8 Å². The second-order valence-corrected chi connectivity index (χ2v) is 10.4. The number of halogens is 1. The molecule has 3 heterocycles. The number of aliphatic hydroxyl groups excluding tert-OH is 2. The Morgan fingerprint density at radius 3 is 2.79 bits per heavy atom. The van der Waals surface area contributed by atoms with E-state index in [1.54, 1.807) is 17.5 Å². The van der Waals surface area contributed by atoms with Gasteiger partial charge in [0, 0.05) is 34.4 Å². The zero-order valence-electron chi connectivity index (χ0n) is 17.9. The topological polar surface area (TPSA) is 90.7 Å². The number of likely N-dealkylation sites (tertiary alicyclic amines) is 1. The van der Waals surface area contributed by atoms with E-state index in [4.69, 9.17) is 11.6 Å². The molecule has 4 rings (SSSR count). The number of benzene rings is 1. The maximum atomic E-state index is 12.8. The van der Waals surface area contributed by atoms with E-state index in [2.05, 4.69) is 4.98 Å². The fourth-order valence-corrected chi connectivity index (χ4v) is 5.95. The monoisotopic (exact) mass is 504 g/mol. The van der Waals surface area contributed by atoms with Crippen molar-refractivity contribution in [3.8, 4) is 0 Å². The average Bonchev–Trinajstić information content (AvgIpc) is 3.59. The molecule has 0 unspecified atom stereocenters. The highest BCUT2D eigenvalue weighted by molar-refractivity contribution is 7.10. The molecule has 1 saturated heterocycles. The Bertz CT molecular complexity index is 1100. The predicted octanol–water partition coefficient (Wildman–Crippen LogP) is 4.04. The molecular formula is C24H25ClN2O4S2. The predicted molar refractivity (Wildman–Crippen MR) is 130 cm³/mol. The van der Waals surface area contributed by atoms with Crippen molar-refractivity contribution in [3.05, 3.63) is 73.3 Å². The zero-order chi connectivity index (χ0) is 23.4. The third-order valence-corrected chi connectivity index (χ3v) is 8.12. The number of Topliss-reactive ketones (excluding diaryl/α,β-unsaturated/α-hetero) is 1. The van der Waals surface area contributed by atoms with Crippen LogP contribution in [0.1, 0.15) is 46.3 Å². The minimum absolute atomic E-state index is 0.0491. The standard InChI is InChI=1S/C24H25ClN2O4S2/c25-18-5-2-1-4-16(18)12-15-13-17(33-14-15)7-8-20(28)21(29)22(30)24(31)27-10-3-6-19(27)23-26-9-11-32-23/h1-2,4-5,9,11,13-14,19,21-22,29-30H,3,6-8,10,12H2/t19-,21+,22-/m1/s1. The van der Waals surface area contributed by atoms with Crippen LogP contribution in [0.3, 0.4) is 0 Å². The molecule has 174 valence electrons. The molecule has 1 aliphatic rings. The normalized spacial score (nSPS) is 17.8. The molecule has 0 radical (unpaired) electrons. The Morgan fingerprint density at radius 1 is 1.21 bits per heavy atom. The minimum atomic E-state index is -1.77. The van der Waals surface area contributed by atoms with Crippen LogP contribution < -0.4 is 0 Å². The number of nitrogens with zero attached hydrogens (tertiary/aromatic N) is 2. The van der Waals surface area contributed by atoms with Crippen LogP contribution in [-0.4, -0.2) is 50.5 Å². The molecule has 1 fully saturated rings. The molecule has 0 saturated carbocycles. The van der Waals surface area contributed by atoms with Gasteiger partial charge in [-0.15, -0.1) is 22.7 Å². The molecule has 0 aliphatic carbocycles. The van der Waals surface area contributed by atoms with Gasteiger partial charge in [0.2, 0.25) is 0 Å². The lowest BCUT2D eigenvalue weighted by molar-refractivity contribution is -0.153. The zero-order valence-corrected chi connectivity index (χ0v) is 20.3. The Labute approximate surface area is 205 Å². The van der Waals surface area contributed by atoms with Gasteiger partial charge in [0.1, 0.15) is 11.1 Å². The van der Waals surface area contributed by atoms with Gasteiger partial charge in [-0.25, -0.2) is 4.98 Å². The van der Waals surface area contributed by atoms with Crippen molar-refractivity contribution < 1.29 is 19.8 Å². The summed E-state index contributed by atoms with van der Waals surface area (Å²) in [5.41, 5.74) is 2.14. The van der Waals surface area contributed by atoms with E-state index < -0.39 is 23.9 Å². The van der Waals surface area contributed by atoms with Gasteiger partial charge >= 0.3 is 0 Å². The van der Waals surface area contributed by atoms with Crippen LogP contribution in [0, 0.1) is 0 Å². The Morgan fingerprint density at radius 2 is 2.03 bits per heavy atom. The number of rotatable bonds is 9. The lowest BCUT2D eigenvalue weighted by atomic mass is 10.0. The molecule has 3 atom stereocenters. The molecule has 0 spiro atoms. The van der Waals surface area contributed by atoms with Gasteiger partial charge in [-0.1, -0.05) is 29.8 Å². The van der Waals surface area contributed by atoms with Crippen LogP contribution in [-0.2, 0) is 22.4 Å². The Balaban J connectivity index is 1.31. The summed E-state index contributed by atoms with van der Waals surface area (Å²) in [4.78, 5) is 32.1. The van der Waals surface area contributed by atoms with Gasteiger partial charge < -0.3 is 15.1 Å². The first-order valence-electron chi connectivity index (χ1n) is 10.8. The van der Waals surface area contributed by atoms with Crippen molar-refractivity contribution >= 4 is 46.0 Å². The summed E-state index contributed by atoms with van der Waals surface area (Å²) >= 11 is 9.23. The molecule has 6 nitrogen and oxygen atoms in total. The summed E-state index contributed by atoms with van der Waals surface area (Å²) in [6.07, 6.45) is 0.918. The van der Waals surface area contributed by atoms with Gasteiger partial charge in [-0.05, 0) is 54.3 Å². The van der Waals surface area contributed by atoms with Crippen LogP contribution in [0.15, 0.2) is 47.3 Å². The van der Waals surface area contributed by atoms with Crippen molar-refractivity contribution in [2.24, 2.45) is 0 Å². The van der Waals surface area contributed by atoms with Crippen molar-refractivity contribution in [3.63, 3.8) is 0 Å². The second kappa shape index (κ2) is 10.9. The quantitative estimate of drug-likeness (QED) is 0.459. The van der Waals surface area contributed by atoms with Crippen molar-refractivity contribution in [2.75, 3.05) is 6.54 Å². The Hall–Kier alpha value is -2.10. The molecule has 0 bridgehead atoms. The van der Waals surface area contributed by atoms with Crippen molar-refractivity contribution in [1.82, 2.24) is 9.88 Å². The van der Waals surface area contributed by atoms with E-state index in [0.29, 0.717) is 19.4 Å². The van der Waals surface area contributed by atoms with Crippen molar-refractivity contribution in [2.45, 2.75) is 50.4 Å². The average molecular weight is 505 g/mol. The Kier molecular flexibility index (Phi) is 7.93. The van der Waals surface area contributed by atoms with Crippen LogP contribution in [0.25, 0.3) is 0 Å². The number of amides is 1. The van der Waals surface area contributed by atoms with Crippen LogP contribution in [0.5, 0.6) is 0 Å². The first kappa shape index (κ1) is 24.0. The van der Waals surface area contributed by atoms with Gasteiger partial charge in [-0.2, -0.15) is 0 Å². The number of carbonyl (C=O) groups excluding carboxylic acids is 2. The SMILES string of the molecule is O=C(CCc1cc(Cc2ccccc2Cl)cs1)[C@H](O)[C@@H](O)C(=O)N1CCC[C@@H]1c1nccs1. The molecule has 33 heavy (non-hydrogen) atoms. The lowest BCUT2D eigenvalue weighted by Crippen LogP contribution is -2.47. The summed E-state index contributed by atoms with van der Waals surface area (Å²) < 4.78 is 0. The highest BCUT2D eigenvalue weighted by Crippen LogP contribution is 2.33. The number of aryl methyl sites for hydroxylation is 1. The molecule has 3 aromatic rings. The molecule has 2 N–H and O–H groups in total. The molecule has 1 aromatic carbocycles.